The molecule has 0 saturated heterocycles. The van der Waals surface area contributed by atoms with Gasteiger partial charge in [0.25, 0.3) is 11.5 Å². The average Bonchev–Trinajstić information content (AvgIpc) is 2.98. The van der Waals surface area contributed by atoms with Crippen molar-refractivity contribution in [1.29, 1.82) is 0 Å². The molecule has 0 bridgehead atoms. The van der Waals surface area contributed by atoms with Crippen LogP contribution in [0.1, 0.15) is 34.6 Å². The van der Waals surface area contributed by atoms with Crippen LogP contribution >= 0.6 is 0 Å². The van der Waals surface area contributed by atoms with E-state index in [2.05, 4.69) is 22.2 Å². The van der Waals surface area contributed by atoms with Gasteiger partial charge < -0.3 is 5.73 Å². The van der Waals surface area contributed by atoms with E-state index in [1.54, 1.807) is 0 Å². The van der Waals surface area contributed by atoms with Gasteiger partial charge in [-0.25, -0.2) is 9.50 Å². The standard InChI is InChI=1S/C17H18N4O2/c18-17(23)14-11-15-19-13(10-16(22)21(15)20-14)9-5-4-8-12-6-2-1-3-7-12/h1-3,6-7,10-11,20H,4-5,8-9H2,(H2,18,23). The van der Waals surface area contributed by atoms with Crippen LogP contribution in [0.5, 0.6) is 0 Å². The number of nitrogens with two attached hydrogens (primary N) is 1. The van der Waals surface area contributed by atoms with Gasteiger partial charge in [0.1, 0.15) is 5.69 Å². The van der Waals surface area contributed by atoms with Crippen LogP contribution in [0.2, 0.25) is 0 Å². The molecule has 0 aliphatic carbocycles. The molecule has 3 N–H and O–H groups in total. The van der Waals surface area contributed by atoms with Crippen molar-refractivity contribution in [1.82, 2.24) is 14.6 Å². The van der Waals surface area contributed by atoms with Crippen molar-refractivity contribution < 1.29 is 4.79 Å². The van der Waals surface area contributed by atoms with Crippen molar-refractivity contribution in [2.24, 2.45) is 5.73 Å². The summed E-state index contributed by atoms with van der Waals surface area (Å²) in [6.45, 7) is 0. The Morgan fingerprint density at radius 3 is 2.61 bits per heavy atom. The predicted molar refractivity (Wildman–Crippen MR) is 87.4 cm³/mol. The minimum Gasteiger partial charge on any atom is -0.364 e. The number of benzene rings is 1. The Balaban J connectivity index is 1.66. The molecule has 2 heterocycles. The number of rotatable bonds is 6. The summed E-state index contributed by atoms with van der Waals surface area (Å²) in [6, 6.07) is 13.3. The lowest BCUT2D eigenvalue weighted by Gasteiger charge is -2.02. The van der Waals surface area contributed by atoms with Gasteiger partial charge in [-0.3, -0.25) is 14.7 Å². The fraction of sp³-hybridized carbons (Fsp3) is 0.235. The van der Waals surface area contributed by atoms with Crippen LogP contribution in [0, 0.1) is 0 Å². The molecule has 0 aliphatic heterocycles. The number of nitrogens with zero attached hydrogens (tertiary/aromatic N) is 2. The Morgan fingerprint density at radius 1 is 1.13 bits per heavy atom. The SMILES string of the molecule is NC(=O)c1cc2nc(CCCCc3ccccc3)cc(=O)n2[nH]1. The summed E-state index contributed by atoms with van der Waals surface area (Å²) in [5.74, 6) is -0.612. The highest BCUT2D eigenvalue weighted by atomic mass is 16.1. The smallest absolute Gasteiger partial charge is 0.272 e. The van der Waals surface area contributed by atoms with E-state index in [4.69, 9.17) is 5.73 Å². The van der Waals surface area contributed by atoms with Crippen molar-refractivity contribution >= 4 is 11.6 Å². The molecule has 3 aromatic rings. The van der Waals surface area contributed by atoms with E-state index in [0.717, 1.165) is 31.4 Å². The van der Waals surface area contributed by atoms with Gasteiger partial charge in [-0.05, 0) is 31.2 Å². The number of aryl methyl sites for hydroxylation is 2. The summed E-state index contributed by atoms with van der Waals surface area (Å²) in [5.41, 5.74) is 7.61. The van der Waals surface area contributed by atoms with Crippen LogP contribution in [-0.2, 0) is 12.8 Å². The van der Waals surface area contributed by atoms with Crippen molar-refractivity contribution in [3.8, 4) is 0 Å². The fourth-order valence-corrected chi connectivity index (χ4v) is 2.57. The zero-order chi connectivity index (χ0) is 16.2. The number of fused-ring (bicyclic) bond motifs is 1. The summed E-state index contributed by atoms with van der Waals surface area (Å²) in [4.78, 5) is 27.6. The first kappa shape index (κ1) is 15.0. The number of nitrogens with one attached hydrogen (secondary N) is 1. The maximum Gasteiger partial charge on any atom is 0.272 e. The molecular weight excluding hydrogens is 292 g/mol. The topological polar surface area (TPSA) is 93.2 Å². The molecule has 0 radical (unpaired) electrons. The Kier molecular flexibility index (Phi) is 4.23. The van der Waals surface area contributed by atoms with Gasteiger partial charge in [0.05, 0.1) is 0 Å². The molecule has 0 unspecified atom stereocenters. The normalized spacial score (nSPS) is 11.0. The number of amides is 1. The van der Waals surface area contributed by atoms with E-state index >= 15 is 0 Å². The minimum absolute atomic E-state index is 0.177. The third-order valence-corrected chi connectivity index (χ3v) is 3.76. The van der Waals surface area contributed by atoms with E-state index in [-0.39, 0.29) is 11.3 Å². The fourth-order valence-electron chi connectivity index (χ4n) is 2.57. The van der Waals surface area contributed by atoms with Gasteiger partial charge in [0.15, 0.2) is 5.65 Å². The molecule has 0 fully saturated rings. The van der Waals surface area contributed by atoms with Crippen molar-refractivity contribution in [2.45, 2.75) is 25.7 Å². The first-order valence-electron chi connectivity index (χ1n) is 7.59. The van der Waals surface area contributed by atoms with Crippen LogP contribution in [0.15, 0.2) is 47.3 Å². The van der Waals surface area contributed by atoms with E-state index < -0.39 is 5.91 Å². The molecule has 0 saturated carbocycles. The second-order valence-electron chi connectivity index (χ2n) is 5.51. The van der Waals surface area contributed by atoms with Crippen molar-refractivity contribution in [2.75, 3.05) is 0 Å². The van der Waals surface area contributed by atoms with E-state index in [1.165, 1.54) is 22.2 Å². The molecule has 1 aromatic carbocycles. The Bertz CT molecular complexity index is 880. The molecule has 3 rings (SSSR count). The summed E-state index contributed by atoms with van der Waals surface area (Å²) in [6.07, 6.45) is 3.73. The predicted octanol–water partition coefficient (Wildman–Crippen LogP) is 1.69. The van der Waals surface area contributed by atoms with E-state index in [0.29, 0.717) is 5.65 Å². The minimum atomic E-state index is -0.612. The lowest BCUT2D eigenvalue weighted by atomic mass is 10.1. The van der Waals surface area contributed by atoms with Crippen molar-refractivity contribution in [3.05, 3.63) is 69.8 Å². The lowest BCUT2D eigenvalue weighted by molar-refractivity contribution is 0.0995. The van der Waals surface area contributed by atoms with Crippen LogP contribution < -0.4 is 11.3 Å². The second kappa shape index (κ2) is 6.48. The number of aromatic nitrogens is 3. The summed E-state index contributed by atoms with van der Waals surface area (Å²) >= 11 is 0. The highest BCUT2D eigenvalue weighted by Gasteiger charge is 2.09. The zero-order valence-corrected chi connectivity index (χ0v) is 12.7. The van der Waals surface area contributed by atoms with Gasteiger partial charge in [0, 0.05) is 17.8 Å². The molecule has 6 heteroatoms. The highest BCUT2D eigenvalue weighted by Crippen LogP contribution is 2.08. The van der Waals surface area contributed by atoms with Crippen LogP contribution in [-0.4, -0.2) is 20.5 Å². The number of carbonyl (C=O) groups is 1. The molecule has 0 spiro atoms. The highest BCUT2D eigenvalue weighted by molar-refractivity contribution is 5.91. The van der Waals surface area contributed by atoms with Crippen LogP contribution in [0.3, 0.4) is 0 Å². The third kappa shape index (κ3) is 3.48. The Labute approximate surface area is 133 Å². The van der Waals surface area contributed by atoms with Gasteiger partial charge >= 0.3 is 0 Å². The average molecular weight is 310 g/mol. The van der Waals surface area contributed by atoms with Crippen LogP contribution in [0.4, 0.5) is 0 Å². The monoisotopic (exact) mass is 310 g/mol. The third-order valence-electron chi connectivity index (χ3n) is 3.76. The number of carbonyl (C=O) groups excluding carboxylic acids is 1. The maximum atomic E-state index is 12.0. The number of primary amides is 1. The molecule has 0 aliphatic rings. The number of hydrogen-bond donors (Lipinski definition) is 2. The number of unbranched alkanes of at least 4 members (excludes halogenated alkanes) is 1. The summed E-state index contributed by atoms with van der Waals surface area (Å²) in [7, 11) is 0. The lowest BCUT2D eigenvalue weighted by Crippen LogP contribution is -2.17. The quantitative estimate of drug-likeness (QED) is 0.678. The van der Waals surface area contributed by atoms with Crippen molar-refractivity contribution in [3.63, 3.8) is 0 Å². The largest absolute Gasteiger partial charge is 0.364 e. The van der Waals surface area contributed by atoms with Gasteiger partial charge in [-0.1, -0.05) is 30.3 Å². The number of aromatic amines is 1. The molecular formula is C17H18N4O2. The van der Waals surface area contributed by atoms with Gasteiger partial charge in [-0.15, -0.1) is 0 Å². The van der Waals surface area contributed by atoms with Crippen LogP contribution in [0.25, 0.3) is 5.65 Å². The summed E-state index contributed by atoms with van der Waals surface area (Å²) in [5, 5.41) is 2.65. The molecule has 6 nitrogen and oxygen atoms in total. The molecule has 1 amide bonds. The summed E-state index contributed by atoms with van der Waals surface area (Å²) < 4.78 is 1.23. The molecule has 118 valence electrons. The molecule has 2 aromatic heterocycles. The van der Waals surface area contributed by atoms with E-state index in [9.17, 15) is 9.59 Å². The zero-order valence-electron chi connectivity index (χ0n) is 12.7. The molecule has 0 atom stereocenters. The Hall–Kier alpha value is -2.89. The first-order chi connectivity index (χ1) is 11.1. The maximum absolute atomic E-state index is 12.0. The van der Waals surface area contributed by atoms with Gasteiger partial charge in [-0.2, -0.15) is 0 Å². The number of H-pyrrole nitrogens is 1. The molecule has 23 heavy (non-hydrogen) atoms. The second-order valence-corrected chi connectivity index (χ2v) is 5.51. The number of hydrogen-bond acceptors (Lipinski definition) is 3. The first-order valence-corrected chi connectivity index (χ1v) is 7.59. The van der Waals surface area contributed by atoms with Gasteiger partial charge in [0.2, 0.25) is 0 Å². The van der Waals surface area contributed by atoms with E-state index in [1.807, 2.05) is 18.2 Å². The Morgan fingerprint density at radius 2 is 1.87 bits per heavy atom.